The van der Waals surface area contributed by atoms with E-state index in [9.17, 15) is 39.5 Å². The molecule has 0 saturated carbocycles. The number of hydrogen-bond donors (Lipinski definition) is 0. The Morgan fingerprint density at radius 1 is 0.378 bits per heavy atom. The van der Waals surface area contributed by atoms with Crippen LogP contribution in [0.25, 0.3) is 50.2 Å². The van der Waals surface area contributed by atoms with Crippen LogP contribution in [0.4, 0.5) is 39.5 Å². The molecule has 0 radical (unpaired) electrons. The molecule has 6 nitrogen and oxygen atoms in total. The minimum absolute atomic E-state index is 0.0778. The van der Waals surface area contributed by atoms with Crippen molar-refractivity contribution in [2.24, 2.45) is 0 Å². The van der Waals surface area contributed by atoms with E-state index < -0.39 is 53.1 Å². The first-order valence-corrected chi connectivity index (χ1v) is 13.0. The van der Waals surface area contributed by atoms with Crippen molar-refractivity contribution in [3.05, 3.63) is 108 Å². The number of alkyl halides is 9. The molecule has 228 valence electrons. The molecule has 7 rings (SSSR count). The van der Waals surface area contributed by atoms with Gasteiger partial charge >= 0.3 is 18.5 Å². The highest BCUT2D eigenvalue weighted by molar-refractivity contribution is 5.82. The van der Waals surface area contributed by atoms with Gasteiger partial charge in [0, 0.05) is 0 Å². The number of rotatable bonds is 3. The minimum atomic E-state index is -5.05. The summed E-state index contributed by atoms with van der Waals surface area (Å²) in [7, 11) is 0. The van der Waals surface area contributed by atoms with Crippen LogP contribution in [0.2, 0.25) is 0 Å². The van der Waals surface area contributed by atoms with Gasteiger partial charge in [-0.3, -0.25) is 13.7 Å². The third-order valence-electron chi connectivity index (χ3n) is 7.10. The number of hydrogen-bond acceptors (Lipinski definition) is 3. The summed E-state index contributed by atoms with van der Waals surface area (Å²) in [5.41, 5.74) is -1.72. The molecule has 3 heterocycles. The summed E-state index contributed by atoms with van der Waals surface area (Å²) >= 11 is 0. The third kappa shape index (κ3) is 4.65. The summed E-state index contributed by atoms with van der Waals surface area (Å²) in [4.78, 5) is 11.1. The predicted molar refractivity (Wildman–Crippen MR) is 145 cm³/mol. The molecule has 0 bridgehead atoms. The molecule has 0 aliphatic heterocycles. The summed E-state index contributed by atoms with van der Waals surface area (Å²) in [6, 6.07) is 19.5. The van der Waals surface area contributed by atoms with Gasteiger partial charge in [0.2, 0.25) is 17.5 Å². The van der Waals surface area contributed by atoms with Crippen molar-refractivity contribution >= 4 is 33.1 Å². The van der Waals surface area contributed by atoms with Gasteiger partial charge in [-0.2, -0.15) is 39.5 Å². The second-order valence-electron chi connectivity index (χ2n) is 9.98. The van der Waals surface area contributed by atoms with Crippen LogP contribution in [0.15, 0.2) is 91.0 Å². The van der Waals surface area contributed by atoms with E-state index >= 15 is 0 Å². The molecular weight excluding hydrogens is 615 g/mol. The average molecular weight is 630 g/mol. The Labute approximate surface area is 245 Å². The van der Waals surface area contributed by atoms with Gasteiger partial charge < -0.3 is 0 Å². The van der Waals surface area contributed by atoms with Gasteiger partial charge in [0.15, 0.2) is 0 Å². The quantitative estimate of drug-likeness (QED) is 0.184. The highest BCUT2D eigenvalue weighted by Crippen LogP contribution is 2.40. The number of aromatic nitrogens is 6. The fourth-order valence-electron chi connectivity index (χ4n) is 5.40. The zero-order valence-electron chi connectivity index (χ0n) is 22.2. The van der Waals surface area contributed by atoms with E-state index in [1.165, 1.54) is 72.8 Å². The first-order valence-electron chi connectivity index (χ1n) is 13.0. The molecule has 0 spiro atoms. The maximum atomic E-state index is 14.4. The van der Waals surface area contributed by atoms with E-state index in [4.69, 9.17) is 0 Å². The molecule has 3 aromatic heterocycles. The number of benzene rings is 4. The molecule has 7 aromatic rings. The Morgan fingerprint density at radius 3 is 0.867 bits per heavy atom. The van der Waals surface area contributed by atoms with Crippen molar-refractivity contribution in [2.45, 2.75) is 18.5 Å². The van der Waals surface area contributed by atoms with Crippen LogP contribution in [0, 0.1) is 0 Å². The van der Waals surface area contributed by atoms with Crippen LogP contribution in [-0.4, -0.2) is 28.7 Å². The van der Waals surface area contributed by atoms with Crippen molar-refractivity contribution in [2.75, 3.05) is 0 Å². The van der Waals surface area contributed by atoms with Crippen LogP contribution in [0.1, 0.15) is 17.5 Å². The van der Waals surface area contributed by atoms with Crippen molar-refractivity contribution in [1.29, 1.82) is 0 Å². The molecule has 0 unspecified atom stereocenters. The maximum absolute atomic E-state index is 14.4. The number of imidazole rings is 3. The molecule has 0 aliphatic carbocycles. The largest absolute Gasteiger partial charge is 0.450 e. The lowest BCUT2D eigenvalue weighted by atomic mass is 10.2. The molecule has 4 aromatic carbocycles. The monoisotopic (exact) mass is 630 g/mol. The summed E-state index contributed by atoms with van der Waals surface area (Å²) in [5.74, 6) is -4.28. The fraction of sp³-hybridized carbons (Fsp3) is 0.100. The minimum Gasteiger partial charge on any atom is -0.289 e. The second-order valence-corrected chi connectivity index (χ2v) is 9.98. The molecular formula is C30H15F9N6. The van der Waals surface area contributed by atoms with Crippen LogP contribution < -0.4 is 0 Å². The Kier molecular flexibility index (Phi) is 6.05. The summed E-state index contributed by atoms with van der Waals surface area (Å²) in [5, 5.41) is 0. The Hall–Kier alpha value is -5.34. The predicted octanol–water partition coefficient (Wildman–Crippen LogP) is 8.76. The van der Waals surface area contributed by atoms with E-state index in [2.05, 4.69) is 15.0 Å². The SMILES string of the molecule is FC(F)(F)c1nc2ccccc2n1-c1cc(-n2c(C(F)(F)F)nc3ccccc32)cc(-n2c(C(F)(F)F)nc3ccccc32)c1. The van der Waals surface area contributed by atoms with Gasteiger partial charge in [0.05, 0.1) is 50.2 Å². The first-order chi connectivity index (χ1) is 21.2. The van der Waals surface area contributed by atoms with E-state index in [-0.39, 0.29) is 33.1 Å². The number of halogens is 9. The van der Waals surface area contributed by atoms with Gasteiger partial charge in [0.1, 0.15) is 0 Å². The summed E-state index contributed by atoms with van der Waals surface area (Å²) in [6.07, 6.45) is -15.1. The lowest BCUT2D eigenvalue weighted by molar-refractivity contribution is -0.146. The number of para-hydroxylation sites is 6. The maximum Gasteiger partial charge on any atom is 0.450 e. The van der Waals surface area contributed by atoms with Crippen molar-refractivity contribution in [3.8, 4) is 17.1 Å². The van der Waals surface area contributed by atoms with Crippen LogP contribution in [-0.2, 0) is 18.5 Å². The molecule has 0 amide bonds. The first kappa shape index (κ1) is 28.4. The number of fused-ring (bicyclic) bond motifs is 3. The van der Waals surface area contributed by atoms with Crippen molar-refractivity contribution in [1.82, 2.24) is 28.7 Å². The van der Waals surface area contributed by atoms with E-state index in [0.29, 0.717) is 13.7 Å². The van der Waals surface area contributed by atoms with E-state index in [1.807, 2.05) is 0 Å². The highest BCUT2D eigenvalue weighted by Gasteiger charge is 2.41. The number of nitrogens with zero attached hydrogens (tertiary/aromatic N) is 6. The van der Waals surface area contributed by atoms with Gasteiger partial charge in [-0.25, -0.2) is 15.0 Å². The topological polar surface area (TPSA) is 53.5 Å². The Morgan fingerprint density at radius 2 is 0.622 bits per heavy atom. The zero-order valence-corrected chi connectivity index (χ0v) is 22.2. The lowest BCUT2D eigenvalue weighted by Crippen LogP contribution is -2.17. The van der Waals surface area contributed by atoms with Crippen LogP contribution in [0.3, 0.4) is 0 Å². The Bertz CT molecular complexity index is 1990. The zero-order chi connectivity index (χ0) is 31.9. The molecule has 45 heavy (non-hydrogen) atoms. The van der Waals surface area contributed by atoms with Crippen LogP contribution in [0.5, 0.6) is 0 Å². The molecule has 15 heteroatoms. The van der Waals surface area contributed by atoms with Crippen molar-refractivity contribution < 1.29 is 39.5 Å². The third-order valence-corrected chi connectivity index (χ3v) is 7.10. The summed E-state index contributed by atoms with van der Waals surface area (Å²) < 4.78 is 131. The standard InChI is InChI=1S/C30H15F9N6/c31-28(32,33)25-40-19-7-1-4-10-22(19)43(25)16-13-17(44-23-11-5-2-8-20(23)41-26(44)29(34,35)36)15-18(14-16)45-24-12-6-3-9-21(24)42-27(45)30(37,38)39/h1-15H. The summed E-state index contributed by atoms with van der Waals surface area (Å²) in [6.45, 7) is 0. The van der Waals surface area contributed by atoms with Gasteiger partial charge in [0.25, 0.3) is 0 Å². The van der Waals surface area contributed by atoms with Gasteiger partial charge in [-0.1, -0.05) is 36.4 Å². The lowest BCUT2D eigenvalue weighted by Gasteiger charge is -2.19. The van der Waals surface area contributed by atoms with Crippen LogP contribution >= 0.6 is 0 Å². The molecule has 0 aliphatic rings. The fourth-order valence-corrected chi connectivity index (χ4v) is 5.40. The van der Waals surface area contributed by atoms with E-state index in [1.54, 1.807) is 0 Å². The Balaban J connectivity index is 1.65. The molecule has 0 N–H and O–H groups in total. The molecule has 0 fully saturated rings. The molecule has 0 atom stereocenters. The highest BCUT2D eigenvalue weighted by atomic mass is 19.4. The second kappa shape index (κ2) is 9.58. The normalized spacial score (nSPS) is 13.0. The van der Waals surface area contributed by atoms with Gasteiger partial charge in [-0.05, 0) is 54.6 Å². The van der Waals surface area contributed by atoms with E-state index in [0.717, 1.165) is 18.2 Å². The molecule has 0 saturated heterocycles. The van der Waals surface area contributed by atoms with Gasteiger partial charge in [-0.15, -0.1) is 0 Å². The van der Waals surface area contributed by atoms with Crippen molar-refractivity contribution in [3.63, 3.8) is 0 Å². The smallest absolute Gasteiger partial charge is 0.289 e. The average Bonchev–Trinajstić information content (AvgIpc) is 3.68.